The molecule has 2 aromatic heterocycles. The van der Waals surface area contributed by atoms with Gasteiger partial charge in [0.15, 0.2) is 0 Å². The van der Waals surface area contributed by atoms with Crippen molar-refractivity contribution in [1.82, 2.24) is 4.57 Å². The number of hydrogen-bond donors (Lipinski definition) is 0. The summed E-state index contributed by atoms with van der Waals surface area (Å²) in [6.07, 6.45) is 0. The minimum absolute atomic E-state index is 0.305. The third-order valence-electron chi connectivity index (χ3n) is 5.43. The lowest BCUT2D eigenvalue weighted by molar-refractivity contribution is 0.570. The van der Waals surface area contributed by atoms with Crippen molar-refractivity contribution in [2.75, 3.05) is 0 Å². The van der Waals surface area contributed by atoms with E-state index in [1.165, 1.54) is 5.39 Å². The van der Waals surface area contributed by atoms with Gasteiger partial charge in [-0.05, 0) is 30.3 Å². The van der Waals surface area contributed by atoms with Crippen LogP contribution in [0.1, 0.15) is 0 Å². The standard InChI is InChI=1S/C25H15NO2/c27-25-20-15-14-18-17-10-4-6-12-21(17)26(16-8-2-1-3-9-16)24(18)23(20)19-11-5-7-13-22(19)28-25/h1-15H. The molecule has 4 aromatic carbocycles. The van der Waals surface area contributed by atoms with E-state index in [-0.39, 0.29) is 5.63 Å². The maximum Gasteiger partial charge on any atom is 0.344 e. The Morgan fingerprint density at radius 2 is 1.29 bits per heavy atom. The van der Waals surface area contributed by atoms with Gasteiger partial charge in [-0.25, -0.2) is 4.79 Å². The number of rotatable bonds is 1. The number of nitrogens with zero attached hydrogens (tertiary/aromatic N) is 1. The van der Waals surface area contributed by atoms with Crippen LogP contribution in [-0.2, 0) is 0 Å². The number of aromatic nitrogens is 1. The molecule has 3 heteroatoms. The third kappa shape index (κ3) is 1.96. The van der Waals surface area contributed by atoms with Gasteiger partial charge in [0.2, 0.25) is 0 Å². The van der Waals surface area contributed by atoms with Crippen LogP contribution in [-0.4, -0.2) is 4.57 Å². The van der Waals surface area contributed by atoms with E-state index in [0.717, 1.165) is 32.9 Å². The van der Waals surface area contributed by atoms with Crippen LogP contribution in [0.3, 0.4) is 0 Å². The quantitative estimate of drug-likeness (QED) is 0.264. The Labute approximate surface area is 160 Å². The lowest BCUT2D eigenvalue weighted by Gasteiger charge is -2.10. The molecular formula is C25H15NO2. The maximum absolute atomic E-state index is 12.7. The Morgan fingerprint density at radius 3 is 2.14 bits per heavy atom. The van der Waals surface area contributed by atoms with Crippen molar-refractivity contribution in [3.05, 3.63) is 101 Å². The summed E-state index contributed by atoms with van der Waals surface area (Å²) in [5.74, 6) is 0. The molecule has 0 N–H and O–H groups in total. The highest BCUT2D eigenvalue weighted by Gasteiger charge is 2.18. The first-order chi connectivity index (χ1) is 13.8. The van der Waals surface area contributed by atoms with Crippen molar-refractivity contribution < 1.29 is 4.42 Å². The molecule has 0 atom stereocenters. The van der Waals surface area contributed by atoms with Crippen molar-refractivity contribution >= 4 is 43.5 Å². The van der Waals surface area contributed by atoms with Crippen LogP contribution in [0, 0.1) is 0 Å². The second-order valence-corrected chi connectivity index (χ2v) is 6.96. The molecule has 0 saturated heterocycles. The summed E-state index contributed by atoms with van der Waals surface area (Å²) in [4.78, 5) is 12.7. The van der Waals surface area contributed by atoms with Crippen molar-refractivity contribution in [1.29, 1.82) is 0 Å². The minimum atomic E-state index is -0.305. The first-order valence-corrected chi connectivity index (χ1v) is 9.26. The molecule has 0 spiro atoms. The zero-order chi connectivity index (χ0) is 18.7. The van der Waals surface area contributed by atoms with E-state index in [1.54, 1.807) is 0 Å². The Morgan fingerprint density at radius 1 is 0.607 bits per heavy atom. The Balaban J connectivity index is 2.00. The fourth-order valence-electron chi connectivity index (χ4n) is 4.26. The molecule has 6 rings (SSSR count). The average molecular weight is 361 g/mol. The van der Waals surface area contributed by atoms with Crippen LogP contribution in [0.4, 0.5) is 0 Å². The van der Waals surface area contributed by atoms with Crippen LogP contribution < -0.4 is 5.63 Å². The topological polar surface area (TPSA) is 35.1 Å². The summed E-state index contributed by atoms with van der Waals surface area (Å²) in [5, 5.41) is 4.78. The van der Waals surface area contributed by atoms with Gasteiger partial charge >= 0.3 is 5.63 Å². The van der Waals surface area contributed by atoms with Crippen LogP contribution >= 0.6 is 0 Å². The van der Waals surface area contributed by atoms with E-state index in [4.69, 9.17) is 4.42 Å². The lowest BCUT2D eigenvalue weighted by Crippen LogP contribution is -2.01. The second-order valence-electron chi connectivity index (χ2n) is 6.96. The van der Waals surface area contributed by atoms with Crippen LogP contribution in [0.2, 0.25) is 0 Å². The summed E-state index contributed by atoms with van der Waals surface area (Å²) in [6.45, 7) is 0. The van der Waals surface area contributed by atoms with Gasteiger partial charge < -0.3 is 8.98 Å². The zero-order valence-electron chi connectivity index (χ0n) is 14.9. The molecule has 0 amide bonds. The van der Waals surface area contributed by atoms with Gasteiger partial charge in [-0.1, -0.05) is 60.7 Å². The molecule has 132 valence electrons. The molecule has 0 aliphatic carbocycles. The number of hydrogen-bond acceptors (Lipinski definition) is 2. The summed E-state index contributed by atoms with van der Waals surface area (Å²) in [5.41, 5.74) is 3.53. The largest absolute Gasteiger partial charge is 0.422 e. The fourth-order valence-corrected chi connectivity index (χ4v) is 4.26. The van der Waals surface area contributed by atoms with E-state index >= 15 is 0 Å². The molecule has 6 aromatic rings. The maximum atomic E-state index is 12.7. The van der Waals surface area contributed by atoms with E-state index in [2.05, 4.69) is 41.0 Å². The number of benzene rings is 4. The number of fused-ring (bicyclic) bond motifs is 7. The second kappa shape index (κ2) is 5.57. The van der Waals surface area contributed by atoms with Gasteiger partial charge in [0, 0.05) is 27.2 Å². The van der Waals surface area contributed by atoms with Gasteiger partial charge in [-0.3, -0.25) is 0 Å². The first kappa shape index (κ1) is 15.2. The predicted molar refractivity (Wildman–Crippen MR) is 114 cm³/mol. The Bertz CT molecular complexity index is 1570. The van der Waals surface area contributed by atoms with Crippen LogP contribution in [0.15, 0.2) is 100 Å². The molecule has 0 fully saturated rings. The summed E-state index contributed by atoms with van der Waals surface area (Å²) < 4.78 is 7.83. The summed E-state index contributed by atoms with van der Waals surface area (Å²) >= 11 is 0. The van der Waals surface area contributed by atoms with Crippen molar-refractivity contribution in [3.8, 4) is 5.69 Å². The number of para-hydroxylation sites is 3. The molecule has 0 saturated carbocycles. The Hall–Kier alpha value is -3.85. The minimum Gasteiger partial charge on any atom is -0.422 e. The highest BCUT2D eigenvalue weighted by Crippen LogP contribution is 2.38. The molecule has 0 aliphatic rings. The highest BCUT2D eigenvalue weighted by molar-refractivity contribution is 6.24. The van der Waals surface area contributed by atoms with Gasteiger partial charge in [-0.2, -0.15) is 0 Å². The molecule has 0 radical (unpaired) electrons. The molecule has 2 heterocycles. The smallest absolute Gasteiger partial charge is 0.344 e. The molecule has 0 bridgehead atoms. The normalized spacial score (nSPS) is 11.7. The molecule has 3 nitrogen and oxygen atoms in total. The van der Waals surface area contributed by atoms with E-state index < -0.39 is 0 Å². The van der Waals surface area contributed by atoms with Crippen molar-refractivity contribution in [3.63, 3.8) is 0 Å². The molecule has 0 aliphatic heterocycles. The predicted octanol–water partition coefficient (Wildman–Crippen LogP) is 6.04. The van der Waals surface area contributed by atoms with Crippen LogP contribution in [0.25, 0.3) is 49.2 Å². The summed E-state index contributed by atoms with van der Waals surface area (Å²) in [7, 11) is 0. The van der Waals surface area contributed by atoms with Crippen molar-refractivity contribution in [2.24, 2.45) is 0 Å². The molecule has 28 heavy (non-hydrogen) atoms. The fraction of sp³-hybridized carbons (Fsp3) is 0. The van der Waals surface area contributed by atoms with Gasteiger partial charge in [0.1, 0.15) is 5.58 Å². The third-order valence-corrected chi connectivity index (χ3v) is 5.43. The van der Waals surface area contributed by atoms with Gasteiger partial charge in [0.05, 0.1) is 16.4 Å². The highest BCUT2D eigenvalue weighted by atomic mass is 16.4. The van der Waals surface area contributed by atoms with Gasteiger partial charge in [-0.15, -0.1) is 0 Å². The van der Waals surface area contributed by atoms with E-state index in [0.29, 0.717) is 11.0 Å². The van der Waals surface area contributed by atoms with Crippen LogP contribution in [0.5, 0.6) is 0 Å². The first-order valence-electron chi connectivity index (χ1n) is 9.26. The van der Waals surface area contributed by atoms with E-state index in [9.17, 15) is 4.79 Å². The monoisotopic (exact) mass is 361 g/mol. The molecule has 0 unspecified atom stereocenters. The Kier molecular flexibility index (Phi) is 3.03. The van der Waals surface area contributed by atoms with E-state index in [1.807, 2.05) is 54.6 Å². The zero-order valence-corrected chi connectivity index (χ0v) is 14.9. The van der Waals surface area contributed by atoms with Crippen molar-refractivity contribution in [2.45, 2.75) is 0 Å². The summed E-state index contributed by atoms with van der Waals surface area (Å²) in [6, 6.07) is 30.3. The lowest BCUT2D eigenvalue weighted by atomic mass is 10.0. The molecular weight excluding hydrogens is 346 g/mol. The SMILES string of the molecule is O=c1oc2ccccc2c2c1ccc1c3ccccc3n(-c3ccccc3)c12. The average Bonchev–Trinajstić information content (AvgIpc) is 3.09. The van der Waals surface area contributed by atoms with Gasteiger partial charge in [0.25, 0.3) is 0 Å².